The monoisotopic (exact) mass is 308 g/mol. The molecule has 1 atom stereocenters. The van der Waals surface area contributed by atoms with Gasteiger partial charge in [-0.2, -0.15) is 5.26 Å². The number of piperidine rings is 1. The average Bonchev–Trinajstić information content (AvgIpc) is 2.47. The number of rotatable bonds is 2. The van der Waals surface area contributed by atoms with E-state index in [1.807, 2.05) is 11.0 Å². The molecule has 1 aliphatic heterocycles. The van der Waals surface area contributed by atoms with Crippen LogP contribution < -0.4 is 5.84 Å². The quantitative estimate of drug-likeness (QED) is 0.518. The van der Waals surface area contributed by atoms with E-state index in [0.29, 0.717) is 12.1 Å². The van der Waals surface area contributed by atoms with Crippen molar-refractivity contribution in [1.82, 2.24) is 9.91 Å². The van der Waals surface area contributed by atoms with Crippen molar-refractivity contribution in [3.63, 3.8) is 0 Å². The van der Waals surface area contributed by atoms with E-state index < -0.39 is 0 Å². The van der Waals surface area contributed by atoms with Gasteiger partial charge >= 0.3 is 6.03 Å². The van der Waals surface area contributed by atoms with Gasteiger partial charge in [-0.05, 0) is 43.9 Å². The number of nitrogens with two attached hydrogens (primary N) is 1. The zero-order valence-corrected chi connectivity index (χ0v) is 13.0. The Labute approximate surface area is 131 Å². The van der Waals surface area contributed by atoms with E-state index >= 15 is 0 Å². The van der Waals surface area contributed by atoms with Gasteiger partial charge in [-0.1, -0.05) is 12.1 Å². The molecule has 1 fully saturated rings. The number of amides is 2. The lowest BCUT2D eigenvalue weighted by molar-refractivity contribution is 0.118. The Kier molecular flexibility index (Phi) is 6.47. The molecule has 0 radical (unpaired) electrons. The van der Waals surface area contributed by atoms with Crippen LogP contribution in [0.4, 0.5) is 4.79 Å². The van der Waals surface area contributed by atoms with Crippen LogP contribution in [0.3, 0.4) is 0 Å². The summed E-state index contributed by atoms with van der Waals surface area (Å²) in [6.45, 7) is 3.14. The molecule has 0 spiro atoms. The summed E-state index contributed by atoms with van der Waals surface area (Å²) in [5, 5.41) is 10.1. The standard InChI is InChI=1S/C15H20N4O.ClH/c1-12-5-2-3-8-18(12)15(20)19(17)11-14-7-4-6-13(9-14)10-16;/h4,6-7,9,12H,2-3,5,8,11,17H2,1H3;1H. The maximum Gasteiger partial charge on any atom is 0.334 e. The fraction of sp³-hybridized carbons (Fsp3) is 0.467. The first-order valence-corrected chi connectivity index (χ1v) is 6.93. The van der Waals surface area contributed by atoms with Crippen molar-refractivity contribution in [3.8, 4) is 6.07 Å². The topological polar surface area (TPSA) is 73.4 Å². The summed E-state index contributed by atoms with van der Waals surface area (Å²) in [5.41, 5.74) is 1.44. The van der Waals surface area contributed by atoms with Crippen LogP contribution in [0.2, 0.25) is 0 Å². The minimum Gasteiger partial charge on any atom is -0.321 e. The third-order valence-corrected chi connectivity index (χ3v) is 3.70. The van der Waals surface area contributed by atoms with E-state index in [1.165, 1.54) is 11.4 Å². The number of hydrazine groups is 1. The van der Waals surface area contributed by atoms with Gasteiger partial charge in [0.2, 0.25) is 0 Å². The molecule has 5 nitrogen and oxygen atoms in total. The Morgan fingerprint density at radius 2 is 2.29 bits per heavy atom. The van der Waals surface area contributed by atoms with Crippen molar-refractivity contribution in [1.29, 1.82) is 5.26 Å². The molecule has 1 unspecified atom stereocenters. The van der Waals surface area contributed by atoms with E-state index in [4.69, 9.17) is 11.1 Å². The highest BCUT2D eigenvalue weighted by molar-refractivity contribution is 5.85. The van der Waals surface area contributed by atoms with Crippen molar-refractivity contribution >= 4 is 18.4 Å². The Bertz CT molecular complexity index is 529. The molecule has 114 valence electrons. The fourth-order valence-electron chi connectivity index (χ4n) is 2.55. The number of carbonyl (C=O) groups excluding carboxylic acids is 1. The Hall–Kier alpha value is -1.77. The van der Waals surface area contributed by atoms with Gasteiger partial charge in [0.25, 0.3) is 0 Å². The molecule has 21 heavy (non-hydrogen) atoms. The largest absolute Gasteiger partial charge is 0.334 e. The Morgan fingerprint density at radius 3 is 2.95 bits per heavy atom. The Balaban J connectivity index is 0.00000220. The SMILES string of the molecule is CC1CCCCN1C(=O)N(N)Cc1cccc(C#N)c1.Cl. The zero-order valence-electron chi connectivity index (χ0n) is 12.2. The number of urea groups is 1. The lowest BCUT2D eigenvalue weighted by Gasteiger charge is -2.35. The van der Waals surface area contributed by atoms with Gasteiger partial charge in [0.15, 0.2) is 0 Å². The van der Waals surface area contributed by atoms with Gasteiger partial charge in [-0.25, -0.2) is 10.6 Å². The van der Waals surface area contributed by atoms with Crippen LogP contribution in [0.1, 0.15) is 37.3 Å². The third-order valence-electron chi connectivity index (χ3n) is 3.70. The highest BCUT2D eigenvalue weighted by Gasteiger charge is 2.26. The number of halogens is 1. The molecular weight excluding hydrogens is 288 g/mol. The molecule has 1 heterocycles. The van der Waals surface area contributed by atoms with Crippen molar-refractivity contribution in [3.05, 3.63) is 35.4 Å². The maximum absolute atomic E-state index is 12.3. The second kappa shape index (κ2) is 7.87. The first-order chi connectivity index (χ1) is 9.61. The second-order valence-electron chi connectivity index (χ2n) is 5.26. The lowest BCUT2D eigenvalue weighted by Crippen LogP contribution is -2.51. The number of nitrogens with zero attached hydrogens (tertiary/aromatic N) is 3. The van der Waals surface area contributed by atoms with E-state index in [9.17, 15) is 4.79 Å². The average molecular weight is 309 g/mol. The van der Waals surface area contributed by atoms with Crippen molar-refractivity contribution in [2.45, 2.75) is 38.8 Å². The number of hydrogen-bond donors (Lipinski definition) is 1. The predicted octanol–water partition coefficient (Wildman–Crippen LogP) is 2.65. The number of nitriles is 1. The van der Waals surface area contributed by atoms with Crippen LogP contribution in [0, 0.1) is 11.3 Å². The van der Waals surface area contributed by atoms with Crippen LogP contribution >= 0.6 is 12.4 Å². The van der Waals surface area contributed by atoms with Crippen LogP contribution in [0.15, 0.2) is 24.3 Å². The molecule has 1 aromatic carbocycles. The first kappa shape index (κ1) is 17.3. The van der Waals surface area contributed by atoms with Gasteiger partial charge in [-0.15, -0.1) is 12.4 Å². The summed E-state index contributed by atoms with van der Waals surface area (Å²) in [6, 6.07) is 9.35. The smallest absolute Gasteiger partial charge is 0.321 e. The Morgan fingerprint density at radius 1 is 1.52 bits per heavy atom. The van der Waals surface area contributed by atoms with Gasteiger partial charge in [0, 0.05) is 12.6 Å². The summed E-state index contributed by atoms with van der Waals surface area (Å²) in [7, 11) is 0. The predicted molar refractivity (Wildman–Crippen MR) is 83.6 cm³/mol. The number of hydrogen-bond acceptors (Lipinski definition) is 3. The molecule has 0 aromatic heterocycles. The van der Waals surface area contributed by atoms with Crippen LogP contribution in [0.25, 0.3) is 0 Å². The second-order valence-corrected chi connectivity index (χ2v) is 5.26. The number of benzene rings is 1. The van der Waals surface area contributed by atoms with E-state index in [2.05, 4.69) is 13.0 Å². The van der Waals surface area contributed by atoms with E-state index in [1.54, 1.807) is 18.2 Å². The zero-order chi connectivity index (χ0) is 14.5. The van der Waals surface area contributed by atoms with Gasteiger partial charge < -0.3 is 4.90 Å². The summed E-state index contributed by atoms with van der Waals surface area (Å²) in [4.78, 5) is 14.2. The summed E-state index contributed by atoms with van der Waals surface area (Å²) >= 11 is 0. The van der Waals surface area contributed by atoms with E-state index in [-0.39, 0.29) is 24.5 Å². The van der Waals surface area contributed by atoms with Gasteiger partial charge in [-0.3, -0.25) is 5.01 Å². The van der Waals surface area contributed by atoms with Crippen LogP contribution in [-0.4, -0.2) is 28.5 Å². The number of carbonyl (C=O) groups is 1. The highest BCUT2D eigenvalue weighted by atomic mass is 35.5. The van der Waals surface area contributed by atoms with E-state index in [0.717, 1.165) is 24.9 Å². The molecule has 0 saturated carbocycles. The fourth-order valence-corrected chi connectivity index (χ4v) is 2.55. The molecule has 0 aliphatic carbocycles. The molecule has 2 rings (SSSR count). The normalized spacial score (nSPS) is 17.6. The molecule has 1 aromatic rings. The molecule has 0 bridgehead atoms. The molecule has 2 amide bonds. The van der Waals surface area contributed by atoms with Crippen molar-refractivity contribution < 1.29 is 4.79 Å². The van der Waals surface area contributed by atoms with Gasteiger partial charge in [0.1, 0.15) is 0 Å². The highest BCUT2D eigenvalue weighted by Crippen LogP contribution is 2.18. The van der Waals surface area contributed by atoms with Crippen molar-refractivity contribution in [2.75, 3.05) is 6.54 Å². The molecule has 1 aliphatic rings. The molecule has 1 saturated heterocycles. The third kappa shape index (κ3) is 4.35. The first-order valence-electron chi connectivity index (χ1n) is 6.93. The summed E-state index contributed by atoms with van der Waals surface area (Å²) < 4.78 is 0. The molecule has 6 heteroatoms. The minimum atomic E-state index is -0.139. The lowest BCUT2D eigenvalue weighted by atomic mass is 10.0. The van der Waals surface area contributed by atoms with Crippen LogP contribution in [0.5, 0.6) is 0 Å². The van der Waals surface area contributed by atoms with Crippen LogP contribution in [-0.2, 0) is 6.54 Å². The van der Waals surface area contributed by atoms with Gasteiger partial charge in [0.05, 0.1) is 18.2 Å². The minimum absolute atomic E-state index is 0. The molecule has 2 N–H and O–H groups in total. The van der Waals surface area contributed by atoms with Crippen molar-refractivity contribution in [2.24, 2.45) is 5.84 Å². The number of likely N-dealkylation sites (tertiary alicyclic amines) is 1. The maximum atomic E-state index is 12.3. The summed E-state index contributed by atoms with van der Waals surface area (Å²) in [5.74, 6) is 5.89. The summed E-state index contributed by atoms with van der Waals surface area (Å²) in [6.07, 6.45) is 3.23. The molecular formula is C15H21ClN4O.